The van der Waals surface area contributed by atoms with Gasteiger partial charge in [0.15, 0.2) is 0 Å². The molecule has 0 aliphatic heterocycles. The normalized spacial score (nSPS) is 15.2. The summed E-state index contributed by atoms with van der Waals surface area (Å²) in [6.45, 7) is 4.06. The van der Waals surface area contributed by atoms with E-state index in [4.69, 9.17) is 11.5 Å². The average Bonchev–Trinajstić information content (AvgIpc) is 2.84. The van der Waals surface area contributed by atoms with Crippen LogP contribution in [0.1, 0.15) is 45.1 Å². The fourth-order valence-electron chi connectivity index (χ4n) is 3.40. The Labute approximate surface area is 212 Å². The first kappa shape index (κ1) is 30.4. The highest BCUT2D eigenvalue weighted by Gasteiger charge is 2.32. The molecule has 1 aromatic carbocycles. The number of nitrogens with one attached hydrogen (secondary N) is 3. The molecule has 1 aromatic rings. The Morgan fingerprint density at radius 3 is 2.14 bits per heavy atom. The highest BCUT2D eigenvalue weighted by atomic mass is 32.1. The van der Waals surface area contributed by atoms with Gasteiger partial charge in [-0.05, 0) is 43.7 Å². The van der Waals surface area contributed by atoms with E-state index in [0.29, 0.717) is 32.2 Å². The number of benzene rings is 1. The molecule has 5 unspecified atom stereocenters. The first-order chi connectivity index (χ1) is 16.6. The summed E-state index contributed by atoms with van der Waals surface area (Å²) < 4.78 is 0. The van der Waals surface area contributed by atoms with Gasteiger partial charge in [0.05, 0.1) is 6.04 Å². The number of hydrogen-bond acceptors (Lipinski definition) is 7. The topological polar surface area (TPSA) is 177 Å². The number of aliphatic carboxylic acids is 1. The summed E-state index contributed by atoms with van der Waals surface area (Å²) in [4.78, 5) is 50.0. The van der Waals surface area contributed by atoms with Gasteiger partial charge in [-0.15, -0.1) is 0 Å². The van der Waals surface area contributed by atoms with Crippen molar-refractivity contribution in [3.8, 4) is 0 Å². The number of thiol groups is 1. The molecule has 0 radical (unpaired) electrons. The molecule has 10 nitrogen and oxygen atoms in total. The van der Waals surface area contributed by atoms with E-state index in [2.05, 4.69) is 28.6 Å². The zero-order valence-corrected chi connectivity index (χ0v) is 21.3. The number of carboxylic acids is 1. The number of carboxylic acid groups (broad SMARTS) is 1. The predicted octanol–water partition coefficient (Wildman–Crippen LogP) is 0.200. The summed E-state index contributed by atoms with van der Waals surface area (Å²) in [5.74, 6) is -3.17. The fraction of sp³-hybridized carbons (Fsp3) is 0.583. The van der Waals surface area contributed by atoms with Gasteiger partial charge in [0.25, 0.3) is 0 Å². The van der Waals surface area contributed by atoms with Crippen molar-refractivity contribution < 1.29 is 24.3 Å². The SMILES string of the molecule is CCC(C)C(NC(=O)C(CS)NC(=O)C(N)Cc1ccccc1)C(=O)NC(CCCCN)C(=O)O. The van der Waals surface area contributed by atoms with E-state index in [9.17, 15) is 24.3 Å². The van der Waals surface area contributed by atoms with Crippen LogP contribution in [0.5, 0.6) is 0 Å². The highest BCUT2D eigenvalue weighted by Crippen LogP contribution is 2.11. The maximum Gasteiger partial charge on any atom is 0.326 e. The molecule has 0 aromatic heterocycles. The third kappa shape index (κ3) is 10.7. The lowest BCUT2D eigenvalue weighted by Crippen LogP contribution is -2.59. The molecule has 8 N–H and O–H groups in total. The second-order valence-corrected chi connectivity index (χ2v) is 8.96. The molecule has 0 aliphatic carbocycles. The van der Waals surface area contributed by atoms with Gasteiger partial charge in [0.1, 0.15) is 18.1 Å². The number of amides is 3. The molecule has 0 bridgehead atoms. The minimum atomic E-state index is -1.16. The second-order valence-electron chi connectivity index (χ2n) is 8.60. The van der Waals surface area contributed by atoms with Crippen LogP contribution < -0.4 is 27.4 Å². The van der Waals surface area contributed by atoms with Crippen LogP contribution in [0.3, 0.4) is 0 Å². The van der Waals surface area contributed by atoms with E-state index in [-0.39, 0.29) is 18.1 Å². The van der Waals surface area contributed by atoms with Gasteiger partial charge >= 0.3 is 5.97 Å². The van der Waals surface area contributed by atoms with Gasteiger partial charge in [-0.25, -0.2) is 4.79 Å². The Hall–Kier alpha value is -2.63. The van der Waals surface area contributed by atoms with E-state index in [0.717, 1.165) is 5.56 Å². The molecule has 0 saturated carbocycles. The lowest BCUT2D eigenvalue weighted by Gasteiger charge is -2.27. The van der Waals surface area contributed by atoms with Crippen molar-refractivity contribution in [2.75, 3.05) is 12.3 Å². The van der Waals surface area contributed by atoms with Crippen LogP contribution in [0.4, 0.5) is 0 Å². The largest absolute Gasteiger partial charge is 0.480 e. The molecular weight excluding hydrogens is 470 g/mol. The Balaban J connectivity index is 2.82. The van der Waals surface area contributed by atoms with Crippen LogP contribution in [0.2, 0.25) is 0 Å². The van der Waals surface area contributed by atoms with E-state index in [1.807, 2.05) is 37.3 Å². The molecule has 1 rings (SSSR count). The van der Waals surface area contributed by atoms with Gasteiger partial charge in [0, 0.05) is 5.75 Å². The van der Waals surface area contributed by atoms with Crippen LogP contribution in [-0.4, -0.2) is 65.3 Å². The molecule has 0 spiro atoms. The number of carbonyl (C=O) groups is 4. The van der Waals surface area contributed by atoms with Gasteiger partial charge in [-0.2, -0.15) is 12.6 Å². The Morgan fingerprint density at radius 2 is 1.60 bits per heavy atom. The molecule has 0 fully saturated rings. The van der Waals surface area contributed by atoms with Crippen LogP contribution in [0.25, 0.3) is 0 Å². The molecule has 0 aliphatic rings. The molecule has 3 amide bonds. The average molecular weight is 510 g/mol. The quantitative estimate of drug-likeness (QED) is 0.123. The maximum absolute atomic E-state index is 12.9. The molecule has 5 atom stereocenters. The molecular formula is C24H39N5O5S. The summed E-state index contributed by atoms with van der Waals surface area (Å²) in [6.07, 6.45) is 2.27. The monoisotopic (exact) mass is 509 g/mol. The first-order valence-corrected chi connectivity index (χ1v) is 12.5. The van der Waals surface area contributed by atoms with Gasteiger partial charge in [-0.3, -0.25) is 14.4 Å². The van der Waals surface area contributed by atoms with E-state index in [1.165, 1.54) is 0 Å². The molecule has 35 heavy (non-hydrogen) atoms. The van der Waals surface area contributed by atoms with Crippen molar-refractivity contribution in [2.24, 2.45) is 17.4 Å². The van der Waals surface area contributed by atoms with E-state index >= 15 is 0 Å². The number of nitrogens with two attached hydrogens (primary N) is 2. The Morgan fingerprint density at radius 1 is 0.971 bits per heavy atom. The van der Waals surface area contributed by atoms with Crippen LogP contribution >= 0.6 is 12.6 Å². The standard InChI is InChI=1S/C24H39N5O5S/c1-3-15(2)20(23(32)27-18(24(33)34)11-7-8-12-25)29-22(31)19(14-35)28-21(30)17(26)13-16-9-5-4-6-10-16/h4-6,9-10,15,17-20,35H,3,7-8,11-14,25-26H2,1-2H3,(H,27,32)(H,28,30)(H,29,31)(H,33,34). The highest BCUT2D eigenvalue weighted by molar-refractivity contribution is 7.80. The van der Waals surface area contributed by atoms with E-state index < -0.39 is 47.9 Å². The molecule has 196 valence electrons. The zero-order chi connectivity index (χ0) is 26.4. The minimum absolute atomic E-state index is 0.0126. The smallest absolute Gasteiger partial charge is 0.326 e. The van der Waals surface area contributed by atoms with Crippen molar-refractivity contribution in [2.45, 2.75) is 70.1 Å². The maximum atomic E-state index is 12.9. The second kappa shape index (κ2) is 16.1. The number of carbonyl (C=O) groups excluding carboxylic acids is 3. The minimum Gasteiger partial charge on any atom is -0.480 e. The predicted molar refractivity (Wildman–Crippen MR) is 138 cm³/mol. The summed E-state index contributed by atoms with van der Waals surface area (Å²) in [5, 5.41) is 17.2. The van der Waals surface area contributed by atoms with Crippen LogP contribution in [-0.2, 0) is 25.6 Å². The van der Waals surface area contributed by atoms with Crippen molar-refractivity contribution in [3.05, 3.63) is 35.9 Å². The van der Waals surface area contributed by atoms with Crippen molar-refractivity contribution in [1.82, 2.24) is 16.0 Å². The van der Waals surface area contributed by atoms with Crippen molar-refractivity contribution >= 4 is 36.3 Å². The molecule has 11 heteroatoms. The first-order valence-electron chi connectivity index (χ1n) is 11.9. The Bertz CT molecular complexity index is 826. The van der Waals surface area contributed by atoms with Gasteiger partial charge in [-0.1, -0.05) is 50.6 Å². The number of unbranched alkanes of at least 4 members (excludes halogenated alkanes) is 1. The fourth-order valence-corrected chi connectivity index (χ4v) is 3.66. The zero-order valence-electron chi connectivity index (χ0n) is 20.4. The lowest BCUT2D eigenvalue weighted by molar-refractivity contribution is -0.142. The number of hydrogen-bond donors (Lipinski definition) is 7. The summed E-state index contributed by atoms with van der Waals surface area (Å²) in [5.41, 5.74) is 12.4. The van der Waals surface area contributed by atoms with Gasteiger partial charge in [0.2, 0.25) is 17.7 Å². The van der Waals surface area contributed by atoms with Crippen molar-refractivity contribution in [1.29, 1.82) is 0 Å². The third-order valence-corrected chi connectivity index (χ3v) is 6.17. The van der Waals surface area contributed by atoms with E-state index in [1.54, 1.807) is 6.92 Å². The van der Waals surface area contributed by atoms with Gasteiger partial charge < -0.3 is 32.5 Å². The summed E-state index contributed by atoms with van der Waals surface area (Å²) >= 11 is 4.17. The molecule has 0 heterocycles. The molecule has 0 saturated heterocycles. The summed E-state index contributed by atoms with van der Waals surface area (Å²) in [6, 6.07) is 5.29. The van der Waals surface area contributed by atoms with Crippen molar-refractivity contribution in [3.63, 3.8) is 0 Å². The third-order valence-electron chi connectivity index (χ3n) is 5.81. The number of rotatable bonds is 16. The Kier molecular flexibility index (Phi) is 14.0. The summed E-state index contributed by atoms with van der Waals surface area (Å²) in [7, 11) is 0. The van der Waals surface area contributed by atoms with Crippen LogP contribution in [0.15, 0.2) is 30.3 Å². The lowest BCUT2D eigenvalue weighted by atomic mass is 9.97. The van der Waals surface area contributed by atoms with Crippen LogP contribution in [0, 0.1) is 5.92 Å².